The van der Waals surface area contributed by atoms with Crippen molar-refractivity contribution in [3.05, 3.63) is 35.9 Å². The highest BCUT2D eigenvalue weighted by Gasteiger charge is 2.39. The highest BCUT2D eigenvalue weighted by Crippen LogP contribution is 2.30. The molecule has 1 aromatic carbocycles. The Kier molecular flexibility index (Phi) is 5.19. The maximum absolute atomic E-state index is 6.20. The Balaban J connectivity index is 2.19. The first-order valence-electron chi connectivity index (χ1n) is 7.71. The molecule has 1 aliphatic heterocycles. The molecule has 1 fully saturated rings. The number of hydrogen-bond donors (Lipinski definition) is 1. The van der Waals surface area contributed by atoms with Crippen LogP contribution >= 0.6 is 0 Å². The quantitative estimate of drug-likeness (QED) is 0.867. The zero-order chi connectivity index (χ0) is 14.6. The predicted molar refractivity (Wildman–Crippen MR) is 83.8 cm³/mol. The molecule has 1 aromatic rings. The molecule has 0 radical (unpaired) electrons. The van der Waals surface area contributed by atoms with Gasteiger partial charge < -0.3 is 10.5 Å². The summed E-state index contributed by atoms with van der Waals surface area (Å²) in [4.78, 5) is 2.48. The molecule has 0 saturated carbocycles. The molecule has 1 saturated heterocycles. The molecule has 0 bridgehead atoms. The molecule has 3 heteroatoms. The summed E-state index contributed by atoms with van der Waals surface area (Å²) in [5, 5.41) is 0. The topological polar surface area (TPSA) is 38.5 Å². The smallest absolute Gasteiger partial charge is 0.0703 e. The zero-order valence-electron chi connectivity index (χ0n) is 13.0. The third-order valence-electron chi connectivity index (χ3n) is 5.00. The van der Waals surface area contributed by atoms with E-state index in [2.05, 4.69) is 56.1 Å². The Morgan fingerprint density at radius 3 is 2.55 bits per heavy atom. The fourth-order valence-corrected chi connectivity index (χ4v) is 3.42. The summed E-state index contributed by atoms with van der Waals surface area (Å²) in [6, 6.07) is 11.1. The van der Waals surface area contributed by atoms with Gasteiger partial charge in [-0.1, -0.05) is 37.3 Å². The Bertz CT molecular complexity index is 403. The molecule has 3 atom stereocenters. The number of rotatable bonds is 6. The van der Waals surface area contributed by atoms with Gasteiger partial charge in [-0.25, -0.2) is 0 Å². The van der Waals surface area contributed by atoms with E-state index in [1.54, 1.807) is 0 Å². The first-order valence-corrected chi connectivity index (χ1v) is 7.71. The van der Waals surface area contributed by atoms with E-state index in [1.807, 2.05) is 0 Å². The molecule has 1 aliphatic rings. The van der Waals surface area contributed by atoms with Gasteiger partial charge in [0.1, 0.15) is 0 Å². The van der Waals surface area contributed by atoms with E-state index in [1.165, 1.54) is 5.56 Å². The largest absolute Gasteiger partial charge is 0.377 e. The summed E-state index contributed by atoms with van der Waals surface area (Å²) in [5.41, 5.74) is 7.58. The normalized spacial score (nSPS) is 25.9. The van der Waals surface area contributed by atoms with Crippen LogP contribution in [0.1, 0.15) is 32.3 Å². The summed E-state index contributed by atoms with van der Waals surface area (Å²) >= 11 is 0. The average molecular weight is 276 g/mol. The fraction of sp³-hybridized carbons (Fsp3) is 0.647. The van der Waals surface area contributed by atoms with Crippen molar-refractivity contribution in [2.24, 2.45) is 5.73 Å². The fourth-order valence-electron chi connectivity index (χ4n) is 3.42. The number of ether oxygens (including phenoxy) is 1. The molecule has 0 spiro atoms. The van der Waals surface area contributed by atoms with Gasteiger partial charge in [-0.05, 0) is 38.8 Å². The molecule has 3 nitrogen and oxygen atoms in total. The van der Waals surface area contributed by atoms with Gasteiger partial charge in [-0.15, -0.1) is 0 Å². The molecule has 2 N–H and O–H groups in total. The number of benzene rings is 1. The first kappa shape index (κ1) is 15.5. The molecule has 2 rings (SSSR count). The number of hydrogen-bond acceptors (Lipinski definition) is 3. The van der Waals surface area contributed by atoms with Gasteiger partial charge in [0, 0.05) is 24.7 Å². The van der Waals surface area contributed by atoms with E-state index in [-0.39, 0.29) is 5.54 Å². The average Bonchev–Trinajstić information content (AvgIpc) is 2.91. The van der Waals surface area contributed by atoms with E-state index >= 15 is 0 Å². The Morgan fingerprint density at radius 1 is 1.35 bits per heavy atom. The van der Waals surface area contributed by atoms with Crippen LogP contribution in [0.3, 0.4) is 0 Å². The van der Waals surface area contributed by atoms with Gasteiger partial charge >= 0.3 is 0 Å². The lowest BCUT2D eigenvalue weighted by Gasteiger charge is -2.45. The lowest BCUT2D eigenvalue weighted by atomic mass is 9.85. The van der Waals surface area contributed by atoms with Gasteiger partial charge in [0.05, 0.1) is 6.10 Å². The second-order valence-electron chi connectivity index (χ2n) is 5.99. The highest BCUT2D eigenvalue weighted by atomic mass is 16.5. The van der Waals surface area contributed by atoms with Crippen LogP contribution in [-0.4, -0.2) is 42.8 Å². The molecule has 0 aliphatic carbocycles. The Morgan fingerprint density at radius 2 is 2.05 bits per heavy atom. The maximum atomic E-state index is 6.20. The lowest BCUT2D eigenvalue weighted by Crippen LogP contribution is -2.58. The van der Waals surface area contributed by atoms with Crippen LogP contribution in [0, 0.1) is 0 Å². The van der Waals surface area contributed by atoms with Gasteiger partial charge in [0.25, 0.3) is 0 Å². The Labute approximate surface area is 123 Å². The van der Waals surface area contributed by atoms with E-state index in [4.69, 9.17) is 10.5 Å². The minimum atomic E-state index is 0.0218. The SMILES string of the molecule is CCC(CN)(Cc1ccccc1)N(C)C1CCOC1C. The lowest BCUT2D eigenvalue weighted by molar-refractivity contribution is 0.0258. The summed E-state index contributed by atoms with van der Waals surface area (Å²) in [7, 11) is 2.22. The van der Waals surface area contributed by atoms with E-state index < -0.39 is 0 Å². The van der Waals surface area contributed by atoms with E-state index in [9.17, 15) is 0 Å². The molecule has 3 unspecified atom stereocenters. The van der Waals surface area contributed by atoms with Crippen molar-refractivity contribution in [2.75, 3.05) is 20.2 Å². The highest BCUT2D eigenvalue weighted by molar-refractivity contribution is 5.18. The minimum Gasteiger partial charge on any atom is -0.377 e. The molecule has 112 valence electrons. The monoisotopic (exact) mass is 276 g/mol. The van der Waals surface area contributed by atoms with E-state index in [0.29, 0.717) is 18.7 Å². The standard InChI is InChI=1S/C17H28N2O/c1-4-17(13-18,12-15-8-6-5-7-9-15)19(3)16-10-11-20-14(16)2/h5-9,14,16H,4,10-13,18H2,1-3H3. The van der Waals surface area contributed by atoms with Crippen LogP contribution in [0.2, 0.25) is 0 Å². The van der Waals surface area contributed by atoms with Gasteiger partial charge in [0.15, 0.2) is 0 Å². The van der Waals surface area contributed by atoms with Crippen molar-refractivity contribution in [2.45, 2.75) is 50.8 Å². The molecule has 20 heavy (non-hydrogen) atoms. The van der Waals surface area contributed by atoms with Crippen LogP contribution in [0.25, 0.3) is 0 Å². The molecule has 0 aromatic heterocycles. The first-order chi connectivity index (χ1) is 9.63. The van der Waals surface area contributed by atoms with Crippen LogP contribution in [0.4, 0.5) is 0 Å². The second-order valence-corrected chi connectivity index (χ2v) is 5.99. The zero-order valence-corrected chi connectivity index (χ0v) is 13.0. The second kappa shape index (κ2) is 6.70. The van der Waals surface area contributed by atoms with Gasteiger partial charge in [-0.3, -0.25) is 4.90 Å². The van der Waals surface area contributed by atoms with Crippen molar-refractivity contribution in [1.82, 2.24) is 4.90 Å². The van der Waals surface area contributed by atoms with Gasteiger partial charge in [0.2, 0.25) is 0 Å². The Hall–Kier alpha value is -0.900. The van der Waals surface area contributed by atoms with Crippen molar-refractivity contribution in [3.8, 4) is 0 Å². The number of likely N-dealkylation sites (N-methyl/N-ethyl adjacent to an activating group) is 1. The number of nitrogens with zero attached hydrogens (tertiary/aromatic N) is 1. The van der Waals surface area contributed by atoms with Crippen molar-refractivity contribution >= 4 is 0 Å². The molecular formula is C17H28N2O. The predicted octanol–water partition coefficient (Wildman–Crippen LogP) is 2.45. The minimum absolute atomic E-state index is 0.0218. The van der Waals surface area contributed by atoms with Crippen molar-refractivity contribution < 1.29 is 4.74 Å². The van der Waals surface area contributed by atoms with Crippen molar-refractivity contribution in [1.29, 1.82) is 0 Å². The maximum Gasteiger partial charge on any atom is 0.0703 e. The molecular weight excluding hydrogens is 248 g/mol. The van der Waals surface area contributed by atoms with Crippen LogP contribution in [0.15, 0.2) is 30.3 Å². The summed E-state index contributed by atoms with van der Waals surface area (Å²) in [6.07, 6.45) is 3.46. The summed E-state index contributed by atoms with van der Waals surface area (Å²) in [5.74, 6) is 0. The van der Waals surface area contributed by atoms with Crippen LogP contribution in [-0.2, 0) is 11.2 Å². The van der Waals surface area contributed by atoms with Gasteiger partial charge in [-0.2, -0.15) is 0 Å². The van der Waals surface area contributed by atoms with Crippen LogP contribution < -0.4 is 5.73 Å². The number of nitrogens with two attached hydrogens (primary N) is 1. The molecule has 0 amide bonds. The van der Waals surface area contributed by atoms with Crippen molar-refractivity contribution in [3.63, 3.8) is 0 Å². The summed E-state index contributed by atoms with van der Waals surface area (Å²) in [6.45, 7) is 5.96. The summed E-state index contributed by atoms with van der Waals surface area (Å²) < 4.78 is 5.74. The third-order valence-corrected chi connectivity index (χ3v) is 5.00. The van der Waals surface area contributed by atoms with E-state index in [0.717, 1.165) is 25.9 Å². The van der Waals surface area contributed by atoms with Crippen LogP contribution in [0.5, 0.6) is 0 Å². The third kappa shape index (κ3) is 3.05. The molecule has 1 heterocycles.